The fraction of sp³-hybridized carbons (Fsp3) is 0.455. The van der Waals surface area contributed by atoms with Crippen LogP contribution in [0.25, 0.3) is 0 Å². The van der Waals surface area contributed by atoms with Gasteiger partial charge in [-0.25, -0.2) is 0 Å². The lowest BCUT2D eigenvalue weighted by Crippen LogP contribution is -2.32. The molecule has 1 aromatic rings. The molecule has 0 fully saturated rings. The minimum absolute atomic E-state index is 0.841. The normalized spacial score (nSPS) is 11.7. The van der Waals surface area contributed by atoms with Crippen LogP contribution in [-0.4, -0.2) is 27.6 Å². The number of ether oxygens (including phenoxy) is 3. The quantitative estimate of drug-likeness (QED) is 0.571. The SMILES string of the molecule is COC(OC)(OC)c1ccc(SC)cc1. The van der Waals surface area contributed by atoms with Crippen molar-refractivity contribution in [1.82, 2.24) is 0 Å². The molecule has 0 unspecified atom stereocenters. The number of hydrogen-bond acceptors (Lipinski definition) is 4. The largest absolute Gasteiger partial charge is 0.327 e. The second-order valence-corrected chi connectivity index (χ2v) is 3.78. The zero-order valence-electron chi connectivity index (χ0n) is 9.44. The van der Waals surface area contributed by atoms with Gasteiger partial charge in [0.15, 0.2) is 0 Å². The molecule has 0 saturated carbocycles. The van der Waals surface area contributed by atoms with E-state index in [2.05, 4.69) is 0 Å². The van der Waals surface area contributed by atoms with Crippen LogP contribution < -0.4 is 0 Å². The molecule has 3 nitrogen and oxygen atoms in total. The molecule has 0 atom stereocenters. The predicted octanol–water partition coefficient (Wildman–Crippen LogP) is 2.46. The number of benzene rings is 1. The van der Waals surface area contributed by atoms with Gasteiger partial charge in [-0.05, 0) is 30.5 Å². The van der Waals surface area contributed by atoms with Crippen LogP contribution in [0, 0.1) is 0 Å². The van der Waals surface area contributed by atoms with Crippen molar-refractivity contribution in [1.29, 1.82) is 0 Å². The van der Waals surface area contributed by atoms with Gasteiger partial charge in [-0.1, -0.05) is 0 Å². The summed E-state index contributed by atoms with van der Waals surface area (Å²) in [5, 5.41) is 0. The van der Waals surface area contributed by atoms with E-state index in [0.29, 0.717) is 0 Å². The highest BCUT2D eigenvalue weighted by atomic mass is 32.2. The molecule has 0 aliphatic rings. The van der Waals surface area contributed by atoms with Crippen molar-refractivity contribution in [3.05, 3.63) is 29.8 Å². The molecule has 0 saturated heterocycles. The van der Waals surface area contributed by atoms with Crippen molar-refractivity contribution in [3.63, 3.8) is 0 Å². The number of rotatable bonds is 5. The Morgan fingerprint density at radius 3 is 1.73 bits per heavy atom. The Kier molecular flexibility index (Phi) is 4.60. The zero-order valence-corrected chi connectivity index (χ0v) is 10.3. The lowest BCUT2D eigenvalue weighted by atomic mass is 10.2. The molecule has 1 aromatic carbocycles. The number of thioether (sulfide) groups is 1. The molecule has 0 aliphatic heterocycles. The van der Waals surface area contributed by atoms with E-state index < -0.39 is 5.97 Å². The van der Waals surface area contributed by atoms with Gasteiger partial charge >= 0.3 is 5.97 Å². The average Bonchev–Trinajstić information content (AvgIpc) is 2.33. The zero-order chi connectivity index (χ0) is 11.3. The summed E-state index contributed by atoms with van der Waals surface area (Å²) >= 11 is 1.69. The molecule has 4 heteroatoms. The maximum absolute atomic E-state index is 5.24. The smallest absolute Gasteiger partial charge is 0.311 e. The van der Waals surface area contributed by atoms with Crippen LogP contribution in [0.1, 0.15) is 5.56 Å². The third-order valence-electron chi connectivity index (χ3n) is 2.25. The summed E-state index contributed by atoms with van der Waals surface area (Å²) in [5.41, 5.74) is 0.841. The van der Waals surface area contributed by atoms with E-state index in [4.69, 9.17) is 14.2 Å². The summed E-state index contributed by atoms with van der Waals surface area (Å²) < 4.78 is 15.7. The van der Waals surface area contributed by atoms with Crippen molar-refractivity contribution in [2.75, 3.05) is 27.6 Å². The van der Waals surface area contributed by atoms with Gasteiger partial charge in [-0.15, -0.1) is 11.8 Å². The Hall–Kier alpha value is -0.550. The molecule has 84 valence electrons. The first kappa shape index (κ1) is 12.5. The summed E-state index contributed by atoms with van der Waals surface area (Å²) in [6.45, 7) is 0. The van der Waals surface area contributed by atoms with E-state index in [1.165, 1.54) is 4.90 Å². The van der Waals surface area contributed by atoms with Crippen LogP contribution in [0.4, 0.5) is 0 Å². The third kappa shape index (κ3) is 2.52. The second-order valence-electron chi connectivity index (χ2n) is 2.90. The highest BCUT2D eigenvalue weighted by Crippen LogP contribution is 2.28. The van der Waals surface area contributed by atoms with Gasteiger partial charge in [-0.2, -0.15) is 0 Å². The summed E-state index contributed by atoms with van der Waals surface area (Å²) in [7, 11) is 4.65. The van der Waals surface area contributed by atoms with Crippen LogP contribution in [0.3, 0.4) is 0 Å². The summed E-state index contributed by atoms with van der Waals surface area (Å²) in [4.78, 5) is 1.19. The number of hydrogen-bond donors (Lipinski definition) is 0. The van der Waals surface area contributed by atoms with E-state index in [-0.39, 0.29) is 0 Å². The maximum atomic E-state index is 5.24. The van der Waals surface area contributed by atoms with Crippen molar-refractivity contribution in [2.24, 2.45) is 0 Å². The Morgan fingerprint density at radius 1 is 0.933 bits per heavy atom. The molecule has 1 rings (SSSR count). The van der Waals surface area contributed by atoms with Crippen molar-refractivity contribution in [2.45, 2.75) is 10.9 Å². The van der Waals surface area contributed by atoms with Gasteiger partial charge in [-0.3, -0.25) is 0 Å². The Labute approximate surface area is 94.7 Å². The van der Waals surface area contributed by atoms with Crippen LogP contribution in [-0.2, 0) is 20.2 Å². The topological polar surface area (TPSA) is 27.7 Å². The minimum Gasteiger partial charge on any atom is -0.327 e. The fourth-order valence-corrected chi connectivity index (χ4v) is 1.81. The fourth-order valence-electron chi connectivity index (χ4n) is 1.40. The maximum Gasteiger partial charge on any atom is 0.311 e. The average molecular weight is 228 g/mol. The van der Waals surface area contributed by atoms with Crippen LogP contribution >= 0.6 is 11.8 Å². The van der Waals surface area contributed by atoms with Crippen LogP contribution in [0.2, 0.25) is 0 Å². The Balaban J connectivity index is 3.01. The highest BCUT2D eigenvalue weighted by Gasteiger charge is 2.31. The molecular weight excluding hydrogens is 212 g/mol. The molecule has 0 bridgehead atoms. The molecule has 0 amide bonds. The standard InChI is InChI=1S/C11H16O3S/c1-12-11(13-2,14-3)9-5-7-10(15-4)8-6-9/h5-8H,1-4H3. The van der Waals surface area contributed by atoms with Gasteiger partial charge in [0.05, 0.1) is 0 Å². The summed E-state index contributed by atoms with van der Waals surface area (Å²) in [5.74, 6) is -1.10. The second kappa shape index (κ2) is 5.51. The summed E-state index contributed by atoms with van der Waals surface area (Å²) in [6.07, 6.45) is 2.03. The molecule has 0 spiro atoms. The Morgan fingerprint density at radius 2 is 1.40 bits per heavy atom. The van der Waals surface area contributed by atoms with E-state index in [1.54, 1.807) is 33.1 Å². The van der Waals surface area contributed by atoms with E-state index in [0.717, 1.165) is 5.56 Å². The molecule has 0 aromatic heterocycles. The lowest BCUT2D eigenvalue weighted by Gasteiger charge is -2.28. The molecule has 0 radical (unpaired) electrons. The van der Waals surface area contributed by atoms with Gasteiger partial charge in [0.1, 0.15) is 0 Å². The van der Waals surface area contributed by atoms with Gasteiger partial charge < -0.3 is 14.2 Å². The molecule has 15 heavy (non-hydrogen) atoms. The number of methoxy groups -OCH3 is 3. The predicted molar refractivity (Wildman–Crippen MR) is 60.9 cm³/mol. The highest BCUT2D eigenvalue weighted by molar-refractivity contribution is 7.98. The first-order valence-electron chi connectivity index (χ1n) is 4.52. The van der Waals surface area contributed by atoms with E-state index >= 15 is 0 Å². The minimum atomic E-state index is -1.10. The first-order chi connectivity index (χ1) is 7.22. The molecule has 0 aliphatic carbocycles. The molecular formula is C11H16O3S. The van der Waals surface area contributed by atoms with E-state index in [1.807, 2.05) is 30.5 Å². The Bertz CT molecular complexity index is 285. The van der Waals surface area contributed by atoms with Crippen molar-refractivity contribution < 1.29 is 14.2 Å². The third-order valence-corrected chi connectivity index (χ3v) is 2.99. The summed E-state index contributed by atoms with van der Waals surface area (Å²) in [6, 6.07) is 7.88. The lowest BCUT2D eigenvalue weighted by molar-refractivity contribution is -0.364. The van der Waals surface area contributed by atoms with Crippen molar-refractivity contribution in [3.8, 4) is 0 Å². The van der Waals surface area contributed by atoms with E-state index in [9.17, 15) is 0 Å². The molecule has 0 N–H and O–H groups in total. The van der Waals surface area contributed by atoms with Crippen LogP contribution in [0.15, 0.2) is 29.2 Å². The van der Waals surface area contributed by atoms with Gasteiger partial charge in [0.25, 0.3) is 0 Å². The first-order valence-corrected chi connectivity index (χ1v) is 5.75. The molecule has 0 heterocycles. The monoisotopic (exact) mass is 228 g/mol. The van der Waals surface area contributed by atoms with Crippen molar-refractivity contribution >= 4 is 11.8 Å². The van der Waals surface area contributed by atoms with Gasteiger partial charge in [0.2, 0.25) is 0 Å². The van der Waals surface area contributed by atoms with Gasteiger partial charge in [0, 0.05) is 31.8 Å². The van der Waals surface area contributed by atoms with Crippen LogP contribution in [0.5, 0.6) is 0 Å².